The summed E-state index contributed by atoms with van der Waals surface area (Å²) in [6.07, 6.45) is 0.463. The number of hydrogen-bond acceptors (Lipinski definition) is 4. The molecule has 7 heteroatoms. The van der Waals surface area contributed by atoms with Crippen LogP contribution < -0.4 is 0 Å². The van der Waals surface area contributed by atoms with Crippen molar-refractivity contribution in [3.63, 3.8) is 0 Å². The molecule has 1 aromatic rings. The Morgan fingerprint density at radius 2 is 2.00 bits per heavy atom. The lowest BCUT2D eigenvalue weighted by Crippen LogP contribution is -2.01. The fraction of sp³-hybridized carbons (Fsp3) is 0.333. The summed E-state index contributed by atoms with van der Waals surface area (Å²) in [6, 6.07) is 2.34. The number of nitro benzene ring substituents is 1. The largest absolute Gasteiger partial charge is 0.274 e. The average molecular weight is 264 g/mol. The van der Waals surface area contributed by atoms with Crippen molar-refractivity contribution in [1.82, 2.24) is 0 Å². The molecule has 1 rings (SSSR count). The van der Waals surface area contributed by atoms with Gasteiger partial charge in [0.05, 0.1) is 9.82 Å². The van der Waals surface area contributed by atoms with Crippen LogP contribution in [0.5, 0.6) is 0 Å². The van der Waals surface area contributed by atoms with Gasteiger partial charge in [-0.2, -0.15) is 0 Å². The molecule has 0 fully saturated rings. The molecule has 0 bridgehead atoms. The van der Waals surface area contributed by atoms with E-state index < -0.39 is 14.0 Å². The van der Waals surface area contributed by atoms with E-state index in [9.17, 15) is 18.5 Å². The summed E-state index contributed by atoms with van der Waals surface area (Å²) in [4.78, 5) is 9.94. The Labute approximate surface area is 97.6 Å². The number of nitrogens with zero attached hydrogens (tertiary/aromatic N) is 1. The predicted octanol–water partition coefficient (Wildman–Crippen LogP) is 2.39. The monoisotopic (exact) mass is 263 g/mol. The Morgan fingerprint density at radius 1 is 1.44 bits per heavy atom. The van der Waals surface area contributed by atoms with Crippen LogP contribution >= 0.6 is 10.7 Å². The van der Waals surface area contributed by atoms with Crippen molar-refractivity contribution in [1.29, 1.82) is 0 Å². The maximum absolute atomic E-state index is 11.1. The van der Waals surface area contributed by atoms with Crippen LogP contribution in [-0.2, 0) is 15.5 Å². The third-order valence-electron chi connectivity index (χ3n) is 2.25. The highest BCUT2D eigenvalue weighted by Gasteiger charge is 2.21. The summed E-state index contributed by atoms with van der Waals surface area (Å²) < 4.78 is 22.2. The van der Waals surface area contributed by atoms with E-state index in [0.717, 1.165) is 6.07 Å². The van der Waals surface area contributed by atoms with Gasteiger partial charge in [0, 0.05) is 22.3 Å². The molecule has 0 saturated heterocycles. The highest BCUT2D eigenvalue weighted by Crippen LogP contribution is 2.28. The molecule has 0 N–H and O–H groups in total. The first-order valence-corrected chi connectivity index (χ1v) is 6.81. The van der Waals surface area contributed by atoms with Crippen LogP contribution in [0.2, 0.25) is 0 Å². The molecule has 0 atom stereocenters. The van der Waals surface area contributed by atoms with Crippen molar-refractivity contribution in [2.75, 3.05) is 0 Å². The maximum atomic E-state index is 11.1. The molecule has 16 heavy (non-hydrogen) atoms. The Bertz CT molecular complexity index is 539. The van der Waals surface area contributed by atoms with Gasteiger partial charge in [-0.1, -0.05) is 6.92 Å². The van der Waals surface area contributed by atoms with Gasteiger partial charge < -0.3 is 0 Å². The van der Waals surface area contributed by atoms with Crippen molar-refractivity contribution in [3.05, 3.63) is 33.4 Å². The van der Waals surface area contributed by atoms with Crippen molar-refractivity contribution in [3.8, 4) is 0 Å². The fourth-order valence-electron chi connectivity index (χ4n) is 1.53. The van der Waals surface area contributed by atoms with E-state index in [2.05, 4.69) is 0 Å². The van der Waals surface area contributed by atoms with E-state index in [4.69, 9.17) is 10.7 Å². The van der Waals surface area contributed by atoms with E-state index in [1.807, 2.05) is 0 Å². The standard InChI is InChI=1S/C9H10ClNO4S/c1-3-8-6(2)4-7(16(10,14)15)5-9(8)11(12)13/h4-5H,3H2,1-2H3. The third-order valence-corrected chi connectivity index (χ3v) is 3.59. The molecule has 0 aliphatic carbocycles. The molecule has 0 aliphatic rings. The zero-order valence-electron chi connectivity index (χ0n) is 8.73. The molecule has 0 aromatic heterocycles. The molecule has 0 saturated carbocycles. The summed E-state index contributed by atoms with van der Waals surface area (Å²) >= 11 is 0. The third kappa shape index (κ3) is 2.51. The molecular formula is C9H10ClNO4S. The highest BCUT2D eigenvalue weighted by atomic mass is 35.7. The van der Waals surface area contributed by atoms with Crippen LogP contribution in [-0.4, -0.2) is 13.3 Å². The van der Waals surface area contributed by atoms with Crippen LogP contribution in [0.4, 0.5) is 5.69 Å². The first-order valence-electron chi connectivity index (χ1n) is 4.50. The Morgan fingerprint density at radius 3 is 2.38 bits per heavy atom. The van der Waals surface area contributed by atoms with Gasteiger partial charge >= 0.3 is 0 Å². The highest BCUT2D eigenvalue weighted by molar-refractivity contribution is 8.13. The van der Waals surface area contributed by atoms with Gasteiger partial charge in [-0.15, -0.1) is 0 Å². The van der Waals surface area contributed by atoms with E-state index in [1.54, 1.807) is 13.8 Å². The maximum Gasteiger partial charge on any atom is 0.274 e. The predicted molar refractivity (Wildman–Crippen MR) is 60.3 cm³/mol. The van der Waals surface area contributed by atoms with Crippen molar-refractivity contribution < 1.29 is 13.3 Å². The van der Waals surface area contributed by atoms with Crippen LogP contribution in [0.3, 0.4) is 0 Å². The minimum absolute atomic E-state index is 0.207. The van der Waals surface area contributed by atoms with Crippen molar-refractivity contribution >= 4 is 25.4 Å². The van der Waals surface area contributed by atoms with Gasteiger partial charge in [-0.3, -0.25) is 10.1 Å². The fourth-order valence-corrected chi connectivity index (χ4v) is 2.37. The van der Waals surface area contributed by atoms with Crippen LogP contribution in [0.15, 0.2) is 17.0 Å². The van der Waals surface area contributed by atoms with E-state index in [0.29, 0.717) is 17.5 Å². The zero-order chi connectivity index (χ0) is 12.5. The summed E-state index contributed by atoms with van der Waals surface area (Å²) in [7, 11) is 1.21. The van der Waals surface area contributed by atoms with Crippen LogP contribution in [0.25, 0.3) is 0 Å². The zero-order valence-corrected chi connectivity index (χ0v) is 10.3. The van der Waals surface area contributed by atoms with Crippen molar-refractivity contribution in [2.24, 2.45) is 0 Å². The summed E-state index contributed by atoms with van der Waals surface area (Å²) in [5.74, 6) is 0. The summed E-state index contributed by atoms with van der Waals surface area (Å²) in [6.45, 7) is 3.39. The molecular weight excluding hydrogens is 254 g/mol. The number of hydrogen-bond donors (Lipinski definition) is 0. The minimum atomic E-state index is -3.94. The lowest BCUT2D eigenvalue weighted by molar-refractivity contribution is -0.385. The lowest BCUT2D eigenvalue weighted by atomic mass is 10.0. The second-order valence-electron chi connectivity index (χ2n) is 3.29. The van der Waals surface area contributed by atoms with Gasteiger partial charge in [-0.25, -0.2) is 8.42 Å². The number of nitro groups is 1. The first kappa shape index (κ1) is 12.9. The molecule has 0 radical (unpaired) electrons. The quantitative estimate of drug-likeness (QED) is 0.477. The molecule has 0 heterocycles. The summed E-state index contributed by atoms with van der Waals surface area (Å²) in [5.41, 5.74) is 0.867. The SMILES string of the molecule is CCc1c(C)cc(S(=O)(=O)Cl)cc1[N+](=O)[O-]. The lowest BCUT2D eigenvalue weighted by Gasteiger charge is -2.06. The molecule has 0 spiro atoms. The van der Waals surface area contributed by atoms with Gasteiger partial charge in [-0.05, 0) is 25.0 Å². The smallest absolute Gasteiger partial charge is 0.258 e. The number of aryl methyl sites for hydroxylation is 1. The van der Waals surface area contributed by atoms with E-state index in [-0.39, 0.29) is 10.6 Å². The Hall–Kier alpha value is -1.14. The molecule has 5 nitrogen and oxygen atoms in total. The van der Waals surface area contributed by atoms with Crippen molar-refractivity contribution in [2.45, 2.75) is 25.2 Å². The van der Waals surface area contributed by atoms with Crippen LogP contribution in [0.1, 0.15) is 18.1 Å². The number of rotatable bonds is 3. The molecule has 0 amide bonds. The number of halogens is 1. The molecule has 0 aliphatic heterocycles. The minimum Gasteiger partial charge on any atom is -0.258 e. The summed E-state index contributed by atoms with van der Waals surface area (Å²) in [5, 5.41) is 10.8. The van der Waals surface area contributed by atoms with Gasteiger partial charge in [0.2, 0.25) is 0 Å². The van der Waals surface area contributed by atoms with Gasteiger partial charge in [0.25, 0.3) is 14.7 Å². The molecule has 88 valence electrons. The Balaban J connectivity index is 3.59. The number of benzene rings is 1. The van der Waals surface area contributed by atoms with Gasteiger partial charge in [0.15, 0.2) is 0 Å². The first-order chi connectivity index (χ1) is 7.27. The van der Waals surface area contributed by atoms with Crippen LogP contribution in [0, 0.1) is 17.0 Å². The second kappa shape index (κ2) is 4.39. The molecule has 1 aromatic carbocycles. The van der Waals surface area contributed by atoms with E-state index >= 15 is 0 Å². The van der Waals surface area contributed by atoms with E-state index in [1.165, 1.54) is 6.07 Å². The van der Waals surface area contributed by atoms with Gasteiger partial charge in [0.1, 0.15) is 0 Å². The average Bonchev–Trinajstić information content (AvgIpc) is 2.14. The normalized spacial score (nSPS) is 11.4. The second-order valence-corrected chi connectivity index (χ2v) is 5.85. The molecule has 0 unspecified atom stereocenters. The topological polar surface area (TPSA) is 77.3 Å². The Kier molecular flexibility index (Phi) is 3.54.